The number of aliphatic imine (C=N–C) groups is 2. The van der Waals surface area contributed by atoms with Gasteiger partial charge in [-0.2, -0.15) is 0 Å². The molecule has 0 amide bonds. The van der Waals surface area contributed by atoms with Crippen molar-refractivity contribution in [1.29, 1.82) is 0 Å². The number of hydrogen-bond acceptors (Lipinski definition) is 2. The average Bonchev–Trinajstić information content (AvgIpc) is 2.01. The van der Waals surface area contributed by atoms with Gasteiger partial charge in [-0.25, -0.2) is 4.99 Å². The van der Waals surface area contributed by atoms with Gasteiger partial charge in [0.25, 0.3) is 0 Å². The maximum Gasteiger partial charge on any atom is 0.148 e. The number of ether oxygens (including phenoxy) is 1. The lowest BCUT2D eigenvalue weighted by molar-refractivity contribution is 0.110. The fourth-order valence-electron chi connectivity index (χ4n) is 0.696. The average molecular weight is 170 g/mol. The fourth-order valence-corrected chi connectivity index (χ4v) is 0.696. The van der Waals surface area contributed by atoms with Gasteiger partial charge >= 0.3 is 0 Å². The first-order valence-electron chi connectivity index (χ1n) is 4.34. The van der Waals surface area contributed by atoms with Crippen molar-refractivity contribution in [2.45, 2.75) is 33.8 Å². The molecule has 0 aromatic heterocycles. The third kappa shape index (κ3) is 6.04. The van der Waals surface area contributed by atoms with E-state index in [0.29, 0.717) is 6.61 Å². The summed E-state index contributed by atoms with van der Waals surface area (Å²) in [4.78, 5) is 8.27. The Morgan fingerprint density at radius 3 is 2.58 bits per heavy atom. The minimum atomic E-state index is 0.235. The largest absolute Gasteiger partial charge is 0.371 e. The highest BCUT2D eigenvalue weighted by Crippen LogP contribution is 1.90. The van der Waals surface area contributed by atoms with Crippen LogP contribution in [0.2, 0.25) is 0 Å². The van der Waals surface area contributed by atoms with Crippen molar-refractivity contribution in [2.75, 3.05) is 13.2 Å². The van der Waals surface area contributed by atoms with Crippen molar-refractivity contribution in [3.05, 3.63) is 0 Å². The number of amidine groups is 1. The fraction of sp³-hybridized carbons (Fsp3) is 0.778. The third-order valence-electron chi connectivity index (χ3n) is 1.16. The van der Waals surface area contributed by atoms with E-state index in [1.165, 1.54) is 0 Å². The summed E-state index contributed by atoms with van der Waals surface area (Å²) < 4.78 is 5.36. The lowest BCUT2D eigenvalue weighted by Crippen LogP contribution is -2.12. The van der Waals surface area contributed by atoms with Crippen LogP contribution in [-0.2, 0) is 4.74 Å². The predicted octanol–water partition coefficient (Wildman–Crippen LogP) is 1.92. The second-order valence-corrected chi connectivity index (χ2v) is 2.64. The zero-order chi connectivity index (χ0) is 9.40. The second-order valence-electron chi connectivity index (χ2n) is 2.64. The molecule has 0 aromatic rings. The summed E-state index contributed by atoms with van der Waals surface area (Å²) >= 11 is 0. The van der Waals surface area contributed by atoms with Crippen molar-refractivity contribution in [2.24, 2.45) is 9.98 Å². The molecule has 0 atom stereocenters. The van der Waals surface area contributed by atoms with Gasteiger partial charge in [-0.1, -0.05) is 0 Å². The quantitative estimate of drug-likeness (QED) is 0.469. The molecule has 0 heterocycles. The van der Waals surface area contributed by atoms with E-state index in [-0.39, 0.29) is 6.10 Å². The summed E-state index contributed by atoms with van der Waals surface area (Å²) in [5.74, 6) is 0.772. The normalized spacial score (nSPS) is 13.2. The van der Waals surface area contributed by atoms with E-state index >= 15 is 0 Å². The summed E-state index contributed by atoms with van der Waals surface area (Å²) in [7, 11) is 0. The van der Waals surface area contributed by atoms with Gasteiger partial charge in [0, 0.05) is 12.8 Å². The Labute approximate surface area is 74.6 Å². The second kappa shape index (κ2) is 6.98. The van der Waals surface area contributed by atoms with Gasteiger partial charge in [0.2, 0.25) is 0 Å². The lowest BCUT2D eigenvalue weighted by Gasteiger charge is -2.06. The van der Waals surface area contributed by atoms with Crippen molar-refractivity contribution in [3.8, 4) is 0 Å². The molecule has 0 saturated heterocycles. The van der Waals surface area contributed by atoms with Gasteiger partial charge in [0.1, 0.15) is 12.4 Å². The van der Waals surface area contributed by atoms with Crippen LogP contribution < -0.4 is 0 Å². The Morgan fingerprint density at radius 1 is 1.50 bits per heavy atom. The number of rotatable bonds is 4. The standard InChI is InChI=1S/C9H18N2O/c1-5-10-9(11-6-2)7-12-8(3)4/h5,8H,6-7H2,1-4H3. The molecule has 0 aliphatic rings. The Bertz CT molecular complexity index is 162. The molecule has 0 unspecified atom stereocenters. The van der Waals surface area contributed by atoms with Crippen LogP contribution in [0.25, 0.3) is 0 Å². The first-order valence-corrected chi connectivity index (χ1v) is 4.34. The Hall–Kier alpha value is -0.700. The maximum atomic E-state index is 5.36. The van der Waals surface area contributed by atoms with Crippen LogP contribution in [0.15, 0.2) is 9.98 Å². The van der Waals surface area contributed by atoms with Crippen molar-refractivity contribution >= 4 is 12.1 Å². The van der Waals surface area contributed by atoms with Crippen LogP contribution in [-0.4, -0.2) is 31.3 Å². The molecule has 3 heteroatoms. The van der Waals surface area contributed by atoms with Gasteiger partial charge in [0.05, 0.1) is 6.10 Å². The zero-order valence-electron chi connectivity index (χ0n) is 8.37. The highest BCUT2D eigenvalue weighted by molar-refractivity contribution is 5.90. The van der Waals surface area contributed by atoms with E-state index < -0.39 is 0 Å². The molecule has 0 fully saturated rings. The third-order valence-corrected chi connectivity index (χ3v) is 1.16. The highest BCUT2D eigenvalue weighted by atomic mass is 16.5. The monoisotopic (exact) mass is 170 g/mol. The SMILES string of the molecule is CC=NC(COC(C)C)=NCC. The molecule has 0 radical (unpaired) electrons. The number of hydrogen-bond donors (Lipinski definition) is 0. The van der Waals surface area contributed by atoms with Crippen LogP contribution in [0.4, 0.5) is 0 Å². The van der Waals surface area contributed by atoms with E-state index in [2.05, 4.69) is 9.98 Å². The van der Waals surface area contributed by atoms with E-state index in [4.69, 9.17) is 4.74 Å². The smallest absolute Gasteiger partial charge is 0.148 e. The molecule has 0 aliphatic carbocycles. The molecule has 0 aromatic carbocycles. The molecule has 70 valence electrons. The van der Waals surface area contributed by atoms with Gasteiger partial charge < -0.3 is 4.74 Å². The minimum Gasteiger partial charge on any atom is -0.371 e. The molecule has 12 heavy (non-hydrogen) atoms. The molecule has 0 rings (SSSR count). The van der Waals surface area contributed by atoms with Gasteiger partial charge in [-0.15, -0.1) is 0 Å². The molecule has 0 saturated carbocycles. The van der Waals surface area contributed by atoms with Crippen molar-refractivity contribution in [1.82, 2.24) is 0 Å². The van der Waals surface area contributed by atoms with Crippen LogP contribution in [0, 0.1) is 0 Å². The van der Waals surface area contributed by atoms with Crippen LogP contribution in [0.1, 0.15) is 27.7 Å². The minimum absolute atomic E-state index is 0.235. The summed E-state index contributed by atoms with van der Waals surface area (Å²) in [5.41, 5.74) is 0. The topological polar surface area (TPSA) is 34.0 Å². The van der Waals surface area contributed by atoms with E-state index in [0.717, 1.165) is 12.4 Å². The van der Waals surface area contributed by atoms with Crippen LogP contribution >= 0.6 is 0 Å². The Morgan fingerprint density at radius 2 is 2.17 bits per heavy atom. The lowest BCUT2D eigenvalue weighted by atomic mass is 10.5. The Balaban J connectivity index is 3.88. The van der Waals surface area contributed by atoms with Crippen molar-refractivity contribution < 1.29 is 4.74 Å². The molecule has 0 N–H and O–H groups in total. The van der Waals surface area contributed by atoms with Gasteiger partial charge in [0.15, 0.2) is 0 Å². The summed E-state index contributed by atoms with van der Waals surface area (Å²) in [6.07, 6.45) is 1.97. The highest BCUT2D eigenvalue weighted by Gasteiger charge is 1.97. The maximum absolute atomic E-state index is 5.36. The molecular formula is C9H18N2O. The summed E-state index contributed by atoms with van der Waals surface area (Å²) in [5, 5.41) is 0. The first kappa shape index (κ1) is 11.3. The Kier molecular flexibility index (Phi) is 6.57. The zero-order valence-corrected chi connectivity index (χ0v) is 8.37. The van der Waals surface area contributed by atoms with Gasteiger partial charge in [-0.3, -0.25) is 4.99 Å². The molecular weight excluding hydrogens is 152 g/mol. The predicted molar refractivity (Wildman–Crippen MR) is 53.2 cm³/mol. The van der Waals surface area contributed by atoms with E-state index in [1.54, 1.807) is 6.21 Å². The molecule has 0 spiro atoms. The first-order chi connectivity index (χ1) is 5.70. The van der Waals surface area contributed by atoms with Crippen molar-refractivity contribution in [3.63, 3.8) is 0 Å². The van der Waals surface area contributed by atoms with E-state index in [1.807, 2.05) is 27.7 Å². The molecule has 0 aliphatic heterocycles. The molecule has 3 nitrogen and oxygen atoms in total. The van der Waals surface area contributed by atoms with Crippen LogP contribution in [0.5, 0.6) is 0 Å². The van der Waals surface area contributed by atoms with Gasteiger partial charge in [-0.05, 0) is 27.7 Å². The number of nitrogens with zero attached hydrogens (tertiary/aromatic N) is 2. The molecule has 0 bridgehead atoms. The van der Waals surface area contributed by atoms with E-state index in [9.17, 15) is 0 Å². The summed E-state index contributed by atoms with van der Waals surface area (Å²) in [6.45, 7) is 9.13. The van der Waals surface area contributed by atoms with Crippen LogP contribution in [0.3, 0.4) is 0 Å². The summed E-state index contributed by atoms with van der Waals surface area (Å²) in [6, 6.07) is 0.